The second-order valence-electron chi connectivity index (χ2n) is 11.3. The fraction of sp³-hybridized carbons (Fsp3) is 0.484. The van der Waals surface area contributed by atoms with Gasteiger partial charge in [-0.15, -0.1) is 0 Å². The van der Waals surface area contributed by atoms with Crippen LogP contribution in [-0.2, 0) is 17.9 Å². The standard InChI is InChI=1S/C31H43N5O2/c1-21-10-11-23(28(31(3,4)30(37)38)25-12-13-26(33-5)29(32)22(25)2)18-24(21)19-36-17-14-34-27(36)20-35-15-8-6-7-9-16-35/h10-14,17-18,28,33H,6-9,15-16,19-20,32H2,1-5H3,(H,37,38). The number of aryl methyl sites for hydroxylation is 1. The lowest BCUT2D eigenvalue weighted by Gasteiger charge is -2.33. The molecule has 0 saturated carbocycles. The van der Waals surface area contributed by atoms with Crippen molar-refractivity contribution in [2.24, 2.45) is 5.41 Å². The van der Waals surface area contributed by atoms with Crippen molar-refractivity contribution in [3.63, 3.8) is 0 Å². The van der Waals surface area contributed by atoms with Crippen LogP contribution in [0.15, 0.2) is 42.7 Å². The fourth-order valence-corrected chi connectivity index (χ4v) is 5.74. The lowest BCUT2D eigenvalue weighted by Crippen LogP contribution is -2.33. The van der Waals surface area contributed by atoms with Crippen LogP contribution in [0.2, 0.25) is 0 Å². The molecule has 1 aliphatic heterocycles. The van der Waals surface area contributed by atoms with E-state index >= 15 is 0 Å². The molecule has 1 fully saturated rings. The summed E-state index contributed by atoms with van der Waals surface area (Å²) in [6, 6.07) is 10.3. The number of nitrogens with one attached hydrogen (secondary N) is 1. The minimum Gasteiger partial charge on any atom is -0.481 e. The third-order valence-electron chi connectivity index (χ3n) is 8.32. The fourth-order valence-electron chi connectivity index (χ4n) is 5.74. The summed E-state index contributed by atoms with van der Waals surface area (Å²) in [6.45, 7) is 11.5. The van der Waals surface area contributed by atoms with Gasteiger partial charge in [-0.2, -0.15) is 0 Å². The number of carboxylic acids is 1. The first kappa shape index (κ1) is 27.7. The van der Waals surface area contributed by atoms with Crippen molar-refractivity contribution in [3.8, 4) is 0 Å². The van der Waals surface area contributed by atoms with E-state index in [9.17, 15) is 9.90 Å². The molecule has 2 heterocycles. The van der Waals surface area contributed by atoms with Gasteiger partial charge in [-0.05, 0) is 87.5 Å². The second kappa shape index (κ2) is 11.6. The maximum atomic E-state index is 12.5. The number of nitrogen functional groups attached to an aromatic ring is 1. The van der Waals surface area contributed by atoms with E-state index in [0.29, 0.717) is 12.2 Å². The van der Waals surface area contributed by atoms with E-state index in [1.165, 1.54) is 36.8 Å². The van der Waals surface area contributed by atoms with Crippen molar-refractivity contribution in [2.75, 3.05) is 31.2 Å². The van der Waals surface area contributed by atoms with Gasteiger partial charge in [0.2, 0.25) is 0 Å². The second-order valence-corrected chi connectivity index (χ2v) is 11.3. The van der Waals surface area contributed by atoms with Crippen LogP contribution >= 0.6 is 0 Å². The average molecular weight is 518 g/mol. The molecule has 4 N–H and O–H groups in total. The summed E-state index contributed by atoms with van der Waals surface area (Å²) in [5.41, 5.74) is 12.1. The maximum absolute atomic E-state index is 12.5. The summed E-state index contributed by atoms with van der Waals surface area (Å²) in [4.78, 5) is 19.7. The van der Waals surface area contributed by atoms with Crippen LogP contribution in [0.25, 0.3) is 0 Å². The zero-order valence-electron chi connectivity index (χ0n) is 23.6. The summed E-state index contributed by atoms with van der Waals surface area (Å²) >= 11 is 0. The lowest BCUT2D eigenvalue weighted by atomic mass is 9.69. The molecule has 1 aromatic heterocycles. The van der Waals surface area contributed by atoms with Crippen LogP contribution in [-0.4, -0.2) is 45.7 Å². The molecule has 3 aromatic rings. The van der Waals surface area contributed by atoms with Crippen molar-refractivity contribution in [1.82, 2.24) is 14.5 Å². The summed E-state index contributed by atoms with van der Waals surface area (Å²) in [7, 11) is 1.84. The number of aromatic nitrogens is 2. The number of hydrogen-bond acceptors (Lipinski definition) is 5. The molecule has 7 heteroatoms. The number of carboxylic acid groups (broad SMARTS) is 1. The number of hydrogen-bond donors (Lipinski definition) is 3. The normalized spacial score (nSPS) is 15.7. The highest BCUT2D eigenvalue weighted by atomic mass is 16.4. The third-order valence-corrected chi connectivity index (χ3v) is 8.32. The molecule has 1 unspecified atom stereocenters. The molecule has 1 aliphatic rings. The summed E-state index contributed by atoms with van der Waals surface area (Å²) in [6.07, 6.45) is 9.07. The number of carbonyl (C=O) groups is 1. The van der Waals surface area contributed by atoms with Gasteiger partial charge in [0.15, 0.2) is 0 Å². The Bertz CT molecular complexity index is 1270. The summed E-state index contributed by atoms with van der Waals surface area (Å²) in [5, 5.41) is 13.4. The van der Waals surface area contributed by atoms with Crippen molar-refractivity contribution >= 4 is 17.3 Å². The van der Waals surface area contributed by atoms with E-state index in [1.54, 1.807) is 13.8 Å². The van der Waals surface area contributed by atoms with E-state index in [4.69, 9.17) is 10.7 Å². The molecule has 0 spiro atoms. The number of likely N-dealkylation sites (tertiary alicyclic amines) is 1. The number of imidazole rings is 1. The number of anilines is 2. The molecule has 2 aromatic carbocycles. The Labute approximate surface area is 227 Å². The molecule has 4 rings (SSSR count). The number of benzene rings is 2. The van der Waals surface area contributed by atoms with Gasteiger partial charge in [-0.3, -0.25) is 9.69 Å². The molecule has 0 aliphatic carbocycles. The molecule has 204 valence electrons. The molecule has 0 radical (unpaired) electrons. The first-order valence-corrected chi connectivity index (χ1v) is 13.8. The Kier molecular flexibility index (Phi) is 8.46. The van der Waals surface area contributed by atoms with Crippen LogP contribution in [0.5, 0.6) is 0 Å². The molecule has 1 atom stereocenters. The largest absolute Gasteiger partial charge is 0.481 e. The number of rotatable bonds is 9. The van der Waals surface area contributed by atoms with E-state index in [-0.39, 0.29) is 5.92 Å². The summed E-state index contributed by atoms with van der Waals surface area (Å²) < 4.78 is 2.24. The van der Waals surface area contributed by atoms with Gasteiger partial charge in [0, 0.05) is 31.9 Å². The van der Waals surface area contributed by atoms with E-state index in [2.05, 4.69) is 46.1 Å². The quantitative estimate of drug-likeness (QED) is 0.311. The highest BCUT2D eigenvalue weighted by molar-refractivity contribution is 5.78. The van der Waals surface area contributed by atoms with Crippen LogP contribution in [0.4, 0.5) is 11.4 Å². The lowest BCUT2D eigenvalue weighted by molar-refractivity contribution is -0.147. The summed E-state index contributed by atoms with van der Waals surface area (Å²) in [5.74, 6) is -0.132. The van der Waals surface area contributed by atoms with Crippen molar-refractivity contribution in [2.45, 2.75) is 72.4 Å². The number of nitrogens with zero attached hydrogens (tertiary/aromatic N) is 3. The zero-order valence-corrected chi connectivity index (χ0v) is 23.6. The number of aliphatic carboxylic acids is 1. The number of nitrogens with two attached hydrogens (primary N) is 1. The Morgan fingerprint density at radius 1 is 1.11 bits per heavy atom. The molecule has 7 nitrogen and oxygen atoms in total. The Morgan fingerprint density at radius 3 is 2.47 bits per heavy atom. The molecule has 1 saturated heterocycles. The van der Waals surface area contributed by atoms with Gasteiger partial charge in [-0.1, -0.05) is 37.1 Å². The van der Waals surface area contributed by atoms with Gasteiger partial charge >= 0.3 is 5.97 Å². The van der Waals surface area contributed by atoms with Crippen LogP contribution < -0.4 is 11.1 Å². The molecular weight excluding hydrogens is 474 g/mol. The van der Waals surface area contributed by atoms with Gasteiger partial charge in [0.05, 0.1) is 23.3 Å². The Balaban J connectivity index is 1.71. The highest BCUT2D eigenvalue weighted by Gasteiger charge is 2.40. The minimum absolute atomic E-state index is 0.369. The minimum atomic E-state index is -1.04. The topological polar surface area (TPSA) is 96.4 Å². The van der Waals surface area contributed by atoms with Crippen molar-refractivity contribution in [1.29, 1.82) is 0 Å². The van der Waals surface area contributed by atoms with Crippen molar-refractivity contribution in [3.05, 3.63) is 76.4 Å². The molecule has 38 heavy (non-hydrogen) atoms. The first-order chi connectivity index (χ1) is 18.1. The molecule has 0 bridgehead atoms. The van der Waals surface area contributed by atoms with E-state index < -0.39 is 11.4 Å². The van der Waals surface area contributed by atoms with E-state index in [1.807, 2.05) is 32.3 Å². The van der Waals surface area contributed by atoms with Gasteiger partial charge in [0.1, 0.15) is 5.82 Å². The van der Waals surface area contributed by atoms with Crippen LogP contribution in [0.1, 0.15) is 79.1 Å². The molecular formula is C31H43N5O2. The smallest absolute Gasteiger partial charge is 0.310 e. The van der Waals surface area contributed by atoms with Crippen LogP contribution in [0.3, 0.4) is 0 Å². The highest BCUT2D eigenvalue weighted by Crippen LogP contribution is 2.45. The predicted molar refractivity (Wildman–Crippen MR) is 155 cm³/mol. The Morgan fingerprint density at radius 2 is 1.82 bits per heavy atom. The average Bonchev–Trinajstić information content (AvgIpc) is 3.14. The Hall–Kier alpha value is -3.32. The van der Waals surface area contributed by atoms with Gasteiger partial charge in [-0.25, -0.2) is 4.98 Å². The SMILES string of the molecule is CNc1ccc(C(c2ccc(C)c(Cn3ccnc3CN3CCCCCC3)c2)C(C)(C)C(=O)O)c(C)c1N. The zero-order chi connectivity index (χ0) is 27.4. The first-order valence-electron chi connectivity index (χ1n) is 13.8. The molecule has 0 amide bonds. The van der Waals surface area contributed by atoms with E-state index in [0.717, 1.165) is 47.8 Å². The third kappa shape index (κ3) is 5.73. The maximum Gasteiger partial charge on any atom is 0.310 e. The van der Waals surface area contributed by atoms with Crippen molar-refractivity contribution < 1.29 is 9.90 Å². The predicted octanol–water partition coefficient (Wildman–Crippen LogP) is 5.79. The van der Waals surface area contributed by atoms with Gasteiger partial charge < -0.3 is 20.7 Å². The monoisotopic (exact) mass is 517 g/mol. The van der Waals surface area contributed by atoms with Crippen LogP contribution in [0, 0.1) is 19.3 Å². The van der Waals surface area contributed by atoms with Gasteiger partial charge in [0.25, 0.3) is 0 Å².